The topological polar surface area (TPSA) is 27.7 Å². The Kier molecular flexibility index (Phi) is 4.79. The van der Waals surface area contributed by atoms with Gasteiger partial charge >= 0.3 is 0 Å². The first-order chi connectivity index (χ1) is 11.1. The van der Waals surface area contributed by atoms with Gasteiger partial charge in [0.2, 0.25) is 0 Å². The molecular formula is C20H22O3. The third-order valence-electron chi connectivity index (χ3n) is 3.66. The summed E-state index contributed by atoms with van der Waals surface area (Å²) in [5.41, 5.74) is 2.28. The van der Waals surface area contributed by atoms with Gasteiger partial charge in [-0.1, -0.05) is 54.6 Å². The molecule has 0 saturated carbocycles. The summed E-state index contributed by atoms with van der Waals surface area (Å²) >= 11 is 0. The van der Waals surface area contributed by atoms with Crippen LogP contribution in [-0.4, -0.2) is 18.5 Å². The molecule has 1 saturated heterocycles. The number of ether oxygens (including phenoxy) is 3. The zero-order valence-electron chi connectivity index (χ0n) is 13.6. The summed E-state index contributed by atoms with van der Waals surface area (Å²) < 4.78 is 17.1. The molecule has 1 heterocycles. The van der Waals surface area contributed by atoms with E-state index in [9.17, 15) is 0 Å². The molecular weight excluding hydrogens is 288 g/mol. The third-order valence-corrected chi connectivity index (χ3v) is 3.66. The van der Waals surface area contributed by atoms with Gasteiger partial charge in [0.05, 0.1) is 6.61 Å². The normalized spacial score (nSPS) is 20.0. The molecule has 1 fully saturated rings. The minimum absolute atomic E-state index is 0.0130. The predicted octanol–water partition coefficient (Wildman–Crippen LogP) is 4.43. The predicted molar refractivity (Wildman–Crippen MR) is 91.2 cm³/mol. The van der Waals surface area contributed by atoms with E-state index in [2.05, 4.69) is 18.2 Å². The molecule has 1 atom stereocenters. The van der Waals surface area contributed by atoms with Crippen LogP contribution in [0.4, 0.5) is 0 Å². The highest BCUT2D eigenvalue weighted by molar-refractivity contribution is 5.51. The van der Waals surface area contributed by atoms with Crippen LogP contribution in [0.2, 0.25) is 0 Å². The quantitative estimate of drug-likeness (QED) is 0.817. The Bertz CT molecular complexity index is 644. The van der Waals surface area contributed by atoms with Crippen LogP contribution >= 0.6 is 0 Å². The molecule has 0 aromatic heterocycles. The molecule has 3 heteroatoms. The molecule has 0 N–H and O–H groups in total. The average Bonchev–Trinajstić information content (AvgIpc) is 2.92. The van der Waals surface area contributed by atoms with Gasteiger partial charge in [0, 0.05) is 0 Å². The number of benzene rings is 2. The fourth-order valence-electron chi connectivity index (χ4n) is 2.44. The van der Waals surface area contributed by atoms with Crippen molar-refractivity contribution in [3.05, 3.63) is 71.8 Å². The van der Waals surface area contributed by atoms with E-state index in [4.69, 9.17) is 14.2 Å². The molecule has 1 aliphatic heterocycles. The molecule has 120 valence electrons. The van der Waals surface area contributed by atoms with E-state index in [1.807, 2.05) is 62.4 Å². The van der Waals surface area contributed by atoms with Gasteiger partial charge in [-0.3, -0.25) is 0 Å². The van der Waals surface area contributed by atoms with Crippen molar-refractivity contribution in [3.63, 3.8) is 0 Å². The Morgan fingerprint density at radius 1 is 1.09 bits per heavy atom. The molecule has 0 radical (unpaired) electrons. The molecule has 3 rings (SSSR count). The highest BCUT2D eigenvalue weighted by atomic mass is 16.7. The smallest absolute Gasteiger partial charge is 0.163 e. The van der Waals surface area contributed by atoms with Crippen molar-refractivity contribution < 1.29 is 14.2 Å². The van der Waals surface area contributed by atoms with Gasteiger partial charge in [-0.15, -0.1) is 0 Å². The van der Waals surface area contributed by atoms with Crippen molar-refractivity contribution in [2.24, 2.45) is 0 Å². The second-order valence-corrected chi connectivity index (χ2v) is 6.07. The second kappa shape index (κ2) is 6.99. The molecule has 0 spiro atoms. The van der Waals surface area contributed by atoms with E-state index in [0.29, 0.717) is 13.2 Å². The third kappa shape index (κ3) is 4.68. The first kappa shape index (κ1) is 15.8. The lowest BCUT2D eigenvalue weighted by molar-refractivity contribution is -0.133. The van der Waals surface area contributed by atoms with Gasteiger partial charge in [-0.05, 0) is 37.1 Å². The van der Waals surface area contributed by atoms with E-state index in [-0.39, 0.29) is 6.10 Å². The van der Waals surface area contributed by atoms with Crippen LogP contribution in [0.1, 0.15) is 25.0 Å². The maximum Gasteiger partial charge on any atom is 0.163 e. The average molecular weight is 310 g/mol. The first-order valence-electron chi connectivity index (χ1n) is 7.87. The second-order valence-electron chi connectivity index (χ2n) is 6.07. The Balaban J connectivity index is 1.53. The number of hydrogen-bond acceptors (Lipinski definition) is 3. The largest absolute Gasteiger partial charge is 0.489 e. The van der Waals surface area contributed by atoms with Gasteiger partial charge < -0.3 is 14.2 Å². The van der Waals surface area contributed by atoms with Gasteiger partial charge in [0.25, 0.3) is 0 Å². The zero-order chi connectivity index (χ0) is 16.1. The number of rotatable bonds is 5. The molecule has 0 unspecified atom stereocenters. The van der Waals surface area contributed by atoms with Crippen LogP contribution in [0, 0.1) is 0 Å². The summed E-state index contributed by atoms with van der Waals surface area (Å²) in [5.74, 6) is 0.386. The summed E-state index contributed by atoms with van der Waals surface area (Å²) in [7, 11) is 0. The van der Waals surface area contributed by atoms with Crippen molar-refractivity contribution in [1.29, 1.82) is 0 Å². The molecule has 3 nitrogen and oxygen atoms in total. The maximum absolute atomic E-state index is 5.78. The minimum Gasteiger partial charge on any atom is -0.489 e. The van der Waals surface area contributed by atoms with Crippen molar-refractivity contribution in [2.75, 3.05) is 6.61 Å². The Morgan fingerprint density at radius 3 is 2.48 bits per heavy atom. The van der Waals surface area contributed by atoms with Crippen LogP contribution in [0.25, 0.3) is 6.08 Å². The molecule has 2 aromatic rings. The van der Waals surface area contributed by atoms with Crippen LogP contribution in [-0.2, 0) is 16.1 Å². The van der Waals surface area contributed by atoms with E-state index < -0.39 is 5.79 Å². The van der Waals surface area contributed by atoms with E-state index in [1.54, 1.807) is 0 Å². The van der Waals surface area contributed by atoms with Crippen LogP contribution in [0.15, 0.2) is 60.7 Å². The lowest BCUT2D eigenvalue weighted by Crippen LogP contribution is -2.20. The van der Waals surface area contributed by atoms with Gasteiger partial charge in [0.15, 0.2) is 5.79 Å². The first-order valence-corrected chi connectivity index (χ1v) is 7.87. The maximum atomic E-state index is 5.78. The number of hydrogen-bond donors (Lipinski definition) is 0. The summed E-state index contributed by atoms with van der Waals surface area (Å²) in [6, 6.07) is 18.2. The fraction of sp³-hybridized carbons (Fsp3) is 0.300. The standard InChI is InChI=1S/C20H22O3/c1-20(2)22-15-19(23-20)13-10-16-8-11-18(12-9-16)21-14-17-6-4-3-5-7-17/h3-13,19H,14-15H2,1-2H3/b13-10+/t19-/m0/s1. The summed E-state index contributed by atoms with van der Waals surface area (Å²) in [4.78, 5) is 0. The van der Waals surface area contributed by atoms with Crippen LogP contribution in [0.5, 0.6) is 5.75 Å². The zero-order valence-corrected chi connectivity index (χ0v) is 13.6. The molecule has 0 bridgehead atoms. The lowest BCUT2D eigenvalue weighted by Gasteiger charge is -2.15. The molecule has 1 aliphatic rings. The summed E-state index contributed by atoms with van der Waals surface area (Å²) in [6.45, 7) is 5.04. The monoisotopic (exact) mass is 310 g/mol. The highest BCUT2D eigenvalue weighted by Crippen LogP contribution is 2.23. The van der Waals surface area contributed by atoms with Gasteiger partial charge in [0.1, 0.15) is 18.5 Å². The molecule has 0 amide bonds. The SMILES string of the molecule is CC1(C)OC[C@H](/C=C/c2ccc(OCc3ccccc3)cc2)O1. The highest BCUT2D eigenvalue weighted by Gasteiger charge is 2.30. The molecule has 2 aromatic carbocycles. The van der Waals surface area contributed by atoms with Crippen molar-refractivity contribution in [3.8, 4) is 5.75 Å². The van der Waals surface area contributed by atoms with Gasteiger partial charge in [-0.25, -0.2) is 0 Å². The van der Waals surface area contributed by atoms with Gasteiger partial charge in [-0.2, -0.15) is 0 Å². The lowest BCUT2D eigenvalue weighted by atomic mass is 10.2. The summed E-state index contributed by atoms with van der Waals surface area (Å²) in [5, 5.41) is 0. The molecule has 23 heavy (non-hydrogen) atoms. The van der Waals surface area contributed by atoms with E-state index in [0.717, 1.165) is 16.9 Å². The summed E-state index contributed by atoms with van der Waals surface area (Å²) in [6.07, 6.45) is 4.10. The molecule has 0 aliphatic carbocycles. The van der Waals surface area contributed by atoms with Crippen molar-refractivity contribution in [2.45, 2.75) is 32.3 Å². The van der Waals surface area contributed by atoms with E-state index in [1.165, 1.54) is 0 Å². The van der Waals surface area contributed by atoms with Crippen LogP contribution < -0.4 is 4.74 Å². The fourth-order valence-corrected chi connectivity index (χ4v) is 2.44. The van der Waals surface area contributed by atoms with Crippen LogP contribution in [0.3, 0.4) is 0 Å². The Morgan fingerprint density at radius 2 is 1.83 bits per heavy atom. The Labute approximate surface area is 137 Å². The minimum atomic E-state index is -0.482. The Hall–Kier alpha value is -2.10. The van der Waals surface area contributed by atoms with Crippen molar-refractivity contribution >= 4 is 6.08 Å². The van der Waals surface area contributed by atoms with E-state index >= 15 is 0 Å². The van der Waals surface area contributed by atoms with Crippen molar-refractivity contribution in [1.82, 2.24) is 0 Å².